The fourth-order valence-electron chi connectivity index (χ4n) is 1.93. The third-order valence-electron chi connectivity index (χ3n) is 3.06. The number of aliphatic hydroxyl groups is 1. The number of benzene rings is 1. The molecule has 1 saturated heterocycles. The third kappa shape index (κ3) is 4.38. The van der Waals surface area contributed by atoms with Crippen LogP contribution >= 0.6 is 23.4 Å². The number of halogens is 1. The normalized spacial score (nSPS) is 22.4. The minimum Gasteiger partial charge on any atom is -0.391 e. The van der Waals surface area contributed by atoms with Crippen LogP contribution in [0, 0.1) is 5.92 Å². The first kappa shape index (κ1) is 14.7. The molecule has 1 fully saturated rings. The van der Waals surface area contributed by atoms with Gasteiger partial charge in [-0.2, -0.15) is 0 Å². The van der Waals surface area contributed by atoms with Gasteiger partial charge in [0.25, 0.3) is 0 Å². The zero-order valence-corrected chi connectivity index (χ0v) is 12.0. The lowest BCUT2D eigenvalue weighted by atomic mass is 10.1. The molecule has 0 aliphatic carbocycles. The summed E-state index contributed by atoms with van der Waals surface area (Å²) in [6.07, 6.45) is -0.364. The molecule has 1 heterocycles. The zero-order chi connectivity index (χ0) is 13.7. The molecule has 0 radical (unpaired) electrons. The maximum Gasteiger partial charge on any atom is 0.230 e. The van der Waals surface area contributed by atoms with E-state index in [1.165, 1.54) is 11.8 Å². The zero-order valence-electron chi connectivity index (χ0n) is 10.4. The standard InChI is InChI=1S/C13H17ClN2O2S/c14-10-3-1-2-4-12(10)19-8-13(18)16-6-9-5-15-7-11(9)17/h1-4,9,11,15,17H,5-8H2,(H,16,18). The fourth-order valence-corrected chi connectivity index (χ4v) is 3.00. The molecule has 6 heteroatoms. The van der Waals surface area contributed by atoms with Gasteiger partial charge in [-0.15, -0.1) is 11.8 Å². The van der Waals surface area contributed by atoms with Gasteiger partial charge in [0, 0.05) is 30.4 Å². The van der Waals surface area contributed by atoms with E-state index in [2.05, 4.69) is 10.6 Å². The van der Waals surface area contributed by atoms with Gasteiger partial charge in [0.05, 0.1) is 16.9 Å². The molecule has 2 unspecified atom stereocenters. The first-order valence-corrected chi connectivity index (χ1v) is 7.56. The lowest BCUT2D eigenvalue weighted by Gasteiger charge is -2.14. The van der Waals surface area contributed by atoms with Crippen molar-refractivity contribution in [1.29, 1.82) is 0 Å². The van der Waals surface area contributed by atoms with Crippen molar-refractivity contribution in [1.82, 2.24) is 10.6 Å². The van der Waals surface area contributed by atoms with Gasteiger partial charge in [0.15, 0.2) is 0 Å². The van der Waals surface area contributed by atoms with Crippen molar-refractivity contribution in [3.63, 3.8) is 0 Å². The van der Waals surface area contributed by atoms with Crippen LogP contribution in [0.1, 0.15) is 0 Å². The Bertz CT molecular complexity index is 444. The second-order valence-electron chi connectivity index (χ2n) is 4.51. The Labute approximate surface area is 121 Å². The van der Waals surface area contributed by atoms with Gasteiger partial charge in [0.1, 0.15) is 0 Å². The van der Waals surface area contributed by atoms with E-state index in [0.29, 0.717) is 23.9 Å². The highest BCUT2D eigenvalue weighted by Gasteiger charge is 2.24. The van der Waals surface area contributed by atoms with Gasteiger partial charge in [-0.05, 0) is 12.1 Å². The number of hydrogen-bond acceptors (Lipinski definition) is 4. The average molecular weight is 301 g/mol. The fraction of sp³-hybridized carbons (Fsp3) is 0.462. The minimum absolute atomic E-state index is 0.0379. The topological polar surface area (TPSA) is 61.4 Å². The van der Waals surface area contributed by atoms with Crippen LogP contribution in [-0.2, 0) is 4.79 Å². The number of carbonyl (C=O) groups is 1. The molecule has 2 rings (SSSR count). The molecule has 0 saturated carbocycles. The van der Waals surface area contributed by atoms with Crippen LogP contribution in [-0.4, -0.2) is 42.5 Å². The van der Waals surface area contributed by atoms with Crippen LogP contribution in [0.25, 0.3) is 0 Å². The van der Waals surface area contributed by atoms with Crippen molar-refractivity contribution in [2.45, 2.75) is 11.0 Å². The van der Waals surface area contributed by atoms with Crippen molar-refractivity contribution < 1.29 is 9.90 Å². The van der Waals surface area contributed by atoms with Gasteiger partial charge in [-0.1, -0.05) is 23.7 Å². The number of β-amino-alcohol motifs (C(OH)–C–C–N with tert-alkyl or cyclic N) is 1. The van der Waals surface area contributed by atoms with Crippen molar-refractivity contribution in [3.05, 3.63) is 29.3 Å². The Balaban J connectivity index is 1.71. The number of amides is 1. The highest BCUT2D eigenvalue weighted by atomic mass is 35.5. The lowest BCUT2D eigenvalue weighted by Crippen LogP contribution is -2.35. The molecule has 0 aromatic heterocycles. The molecule has 1 aliphatic rings. The van der Waals surface area contributed by atoms with Crippen molar-refractivity contribution in [2.24, 2.45) is 5.92 Å². The van der Waals surface area contributed by atoms with Crippen LogP contribution in [0.3, 0.4) is 0 Å². The first-order valence-electron chi connectivity index (χ1n) is 6.19. The van der Waals surface area contributed by atoms with Gasteiger partial charge < -0.3 is 15.7 Å². The maximum absolute atomic E-state index is 11.7. The third-order valence-corrected chi connectivity index (χ3v) is 4.58. The summed E-state index contributed by atoms with van der Waals surface area (Å²) in [5.41, 5.74) is 0. The van der Waals surface area contributed by atoms with E-state index < -0.39 is 0 Å². The van der Waals surface area contributed by atoms with Crippen LogP contribution in [0.2, 0.25) is 5.02 Å². The highest BCUT2D eigenvalue weighted by molar-refractivity contribution is 8.00. The maximum atomic E-state index is 11.7. The summed E-state index contributed by atoms with van der Waals surface area (Å²) in [7, 11) is 0. The highest BCUT2D eigenvalue weighted by Crippen LogP contribution is 2.26. The predicted octanol–water partition coefficient (Wildman–Crippen LogP) is 1.13. The number of hydrogen-bond donors (Lipinski definition) is 3. The summed E-state index contributed by atoms with van der Waals surface area (Å²) in [4.78, 5) is 12.6. The van der Waals surface area contributed by atoms with E-state index in [4.69, 9.17) is 11.6 Å². The Morgan fingerprint density at radius 3 is 2.95 bits per heavy atom. The number of aliphatic hydroxyl groups excluding tert-OH is 1. The van der Waals surface area contributed by atoms with Crippen LogP contribution in [0.5, 0.6) is 0 Å². The molecular formula is C13H17ClN2O2S. The van der Waals surface area contributed by atoms with Crippen LogP contribution in [0.15, 0.2) is 29.2 Å². The number of thioether (sulfide) groups is 1. The second-order valence-corrected chi connectivity index (χ2v) is 5.93. The van der Waals surface area contributed by atoms with E-state index in [1.807, 2.05) is 24.3 Å². The molecule has 3 N–H and O–H groups in total. The molecular weight excluding hydrogens is 284 g/mol. The van der Waals surface area contributed by atoms with Gasteiger partial charge in [-0.3, -0.25) is 4.79 Å². The number of rotatable bonds is 5. The van der Waals surface area contributed by atoms with E-state index in [-0.39, 0.29) is 17.9 Å². The molecule has 1 amide bonds. The van der Waals surface area contributed by atoms with Gasteiger partial charge in [-0.25, -0.2) is 0 Å². The summed E-state index contributed by atoms with van der Waals surface area (Å²) in [6, 6.07) is 7.46. The van der Waals surface area contributed by atoms with E-state index in [9.17, 15) is 9.90 Å². The van der Waals surface area contributed by atoms with E-state index in [0.717, 1.165) is 11.4 Å². The smallest absolute Gasteiger partial charge is 0.230 e. The molecule has 1 aliphatic heterocycles. The lowest BCUT2D eigenvalue weighted by molar-refractivity contribution is -0.118. The predicted molar refractivity (Wildman–Crippen MR) is 77.6 cm³/mol. The molecule has 0 bridgehead atoms. The Kier molecular flexibility index (Phi) is 5.51. The van der Waals surface area contributed by atoms with Crippen molar-refractivity contribution >= 4 is 29.3 Å². The monoisotopic (exact) mass is 300 g/mol. The summed E-state index contributed by atoms with van der Waals surface area (Å²) in [5, 5.41) is 16.2. The molecule has 19 heavy (non-hydrogen) atoms. The summed E-state index contributed by atoms with van der Waals surface area (Å²) in [5.74, 6) is 0.401. The number of carbonyl (C=O) groups excluding carboxylic acids is 1. The first-order chi connectivity index (χ1) is 9.16. The second kappa shape index (κ2) is 7.14. The summed E-state index contributed by atoms with van der Waals surface area (Å²) in [6.45, 7) is 1.87. The quantitative estimate of drug-likeness (QED) is 0.714. The van der Waals surface area contributed by atoms with E-state index in [1.54, 1.807) is 0 Å². The summed E-state index contributed by atoms with van der Waals surface area (Å²) >= 11 is 7.43. The van der Waals surface area contributed by atoms with E-state index >= 15 is 0 Å². The Morgan fingerprint density at radius 1 is 1.47 bits per heavy atom. The van der Waals surface area contributed by atoms with Crippen LogP contribution in [0.4, 0.5) is 0 Å². The average Bonchev–Trinajstić information content (AvgIpc) is 2.81. The van der Waals surface area contributed by atoms with Gasteiger partial charge in [0.2, 0.25) is 5.91 Å². The van der Waals surface area contributed by atoms with Crippen molar-refractivity contribution in [3.8, 4) is 0 Å². The Hall–Kier alpha value is -0.750. The van der Waals surface area contributed by atoms with Crippen LogP contribution < -0.4 is 10.6 Å². The molecule has 1 aromatic rings. The van der Waals surface area contributed by atoms with Gasteiger partial charge >= 0.3 is 0 Å². The summed E-state index contributed by atoms with van der Waals surface area (Å²) < 4.78 is 0. The minimum atomic E-state index is -0.364. The SMILES string of the molecule is O=C(CSc1ccccc1Cl)NCC1CNCC1O. The molecule has 2 atom stereocenters. The molecule has 104 valence electrons. The van der Waals surface area contributed by atoms with Crippen molar-refractivity contribution in [2.75, 3.05) is 25.4 Å². The molecule has 0 spiro atoms. The Morgan fingerprint density at radius 2 is 2.26 bits per heavy atom. The largest absolute Gasteiger partial charge is 0.391 e. The molecule has 1 aromatic carbocycles. The molecule has 4 nitrogen and oxygen atoms in total. The number of nitrogens with one attached hydrogen (secondary N) is 2.